The van der Waals surface area contributed by atoms with Gasteiger partial charge >= 0.3 is 0 Å². The zero-order valence-corrected chi connectivity index (χ0v) is 17.0. The number of carbonyl (C=O) groups excluding carboxylic acids is 2. The number of aliphatic hydroxyl groups excluding tert-OH is 1. The van der Waals surface area contributed by atoms with Crippen LogP contribution >= 0.6 is 0 Å². The van der Waals surface area contributed by atoms with Gasteiger partial charge in [0.2, 0.25) is 0 Å². The number of allylic oxidation sites excluding steroid dienone is 1. The van der Waals surface area contributed by atoms with Gasteiger partial charge in [-0.15, -0.1) is 0 Å². The van der Waals surface area contributed by atoms with E-state index in [1.54, 1.807) is 0 Å². The summed E-state index contributed by atoms with van der Waals surface area (Å²) in [6.07, 6.45) is 7.97. The average molecular weight is 389 g/mol. The quantitative estimate of drug-likeness (QED) is 0.801. The van der Waals surface area contributed by atoms with Gasteiger partial charge in [0.25, 0.3) is 0 Å². The van der Waals surface area contributed by atoms with Crippen molar-refractivity contribution >= 4 is 11.6 Å². The Bertz CT molecular complexity index is 729. The summed E-state index contributed by atoms with van der Waals surface area (Å²) in [6.45, 7) is 4.51. The Labute approximate surface area is 166 Å². The third-order valence-corrected chi connectivity index (χ3v) is 9.08. The molecule has 3 saturated carbocycles. The predicted octanol–water partition coefficient (Wildman–Crippen LogP) is 3.05. The number of ketones is 2. The normalized spacial score (nSPS) is 49.2. The highest BCUT2D eigenvalue weighted by molar-refractivity contribution is 5.91. The highest BCUT2D eigenvalue weighted by Crippen LogP contribution is 2.71. The summed E-state index contributed by atoms with van der Waals surface area (Å²) in [6, 6.07) is 0. The van der Waals surface area contributed by atoms with E-state index in [0.717, 1.165) is 38.5 Å². The Morgan fingerprint density at radius 2 is 2.14 bits per heavy atom. The number of hydrogen-bond acceptors (Lipinski definition) is 5. The summed E-state index contributed by atoms with van der Waals surface area (Å²) in [5.41, 5.74) is 1.07. The molecule has 5 heteroatoms. The number of ether oxygens (including phenoxy) is 2. The number of hydrogen-bond donors (Lipinski definition) is 1. The lowest BCUT2D eigenvalue weighted by atomic mass is 9.46. The maximum atomic E-state index is 12.7. The Hall–Kier alpha value is -1.04. The molecule has 28 heavy (non-hydrogen) atoms. The van der Waals surface area contributed by atoms with Gasteiger partial charge in [-0.25, -0.2) is 0 Å². The zero-order valence-electron chi connectivity index (χ0n) is 17.0. The Morgan fingerprint density at radius 1 is 1.32 bits per heavy atom. The SMILES string of the molecule is CCOC1O[C@H]2C[C@@]13[C@@H](C(=O)CO)CC[C@H]3[C@@H]1CCC3=CC(=O)CC[C@]3(C)[C@H]12. The third-order valence-electron chi connectivity index (χ3n) is 9.08. The molecule has 4 aliphatic carbocycles. The third kappa shape index (κ3) is 2.30. The molecule has 1 heterocycles. The van der Waals surface area contributed by atoms with E-state index < -0.39 is 0 Å². The summed E-state index contributed by atoms with van der Waals surface area (Å²) in [4.78, 5) is 24.7. The molecule has 0 aromatic rings. The predicted molar refractivity (Wildman–Crippen MR) is 102 cm³/mol. The van der Waals surface area contributed by atoms with Gasteiger partial charge in [-0.3, -0.25) is 9.59 Å². The number of fused-ring (bicyclic) bond motifs is 6. The lowest BCUT2D eigenvalue weighted by Crippen LogP contribution is -2.55. The van der Waals surface area contributed by atoms with E-state index in [-0.39, 0.29) is 47.3 Å². The molecule has 4 fully saturated rings. The van der Waals surface area contributed by atoms with Crippen molar-refractivity contribution in [2.75, 3.05) is 13.2 Å². The maximum absolute atomic E-state index is 12.7. The Morgan fingerprint density at radius 3 is 2.89 bits per heavy atom. The molecule has 0 radical (unpaired) electrons. The van der Waals surface area contributed by atoms with Crippen LogP contribution in [0.25, 0.3) is 0 Å². The van der Waals surface area contributed by atoms with Crippen LogP contribution in [0.1, 0.15) is 58.8 Å². The summed E-state index contributed by atoms with van der Waals surface area (Å²) in [5, 5.41) is 9.61. The molecule has 1 spiro atoms. The van der Waals surface area contributed by atoms with Crippen molar-refractivity contribution < 1.29 is 24.2 Å². The molecule has 1 unspecified atom stereocenters. The molecular weight excluding hydrogens is 356 g/mol. The minimum atomic E-state index is -0.385. The number of rotatable bonds is 4. The van der Waals surface area contributed by atoms with Crippen molar-refractivity contribution in [1.82, 2.24) is 0 Å². The van der Waals surface area contributed by atoms with Gasteiger partial charge < -0.3 is 14.6 Å². The molecule has 1 N–H and O–H groups in total. The van der Waals surface area contributed by atoms with Gasteiger partial charge in [-0.2, -0.15) is 0 Å². The van der Waals surface area contributed by atoms with E-state index in [1.807, 2.05) is 13.0 Å². The van der Waals surface area contributed by atoms with E-state index in [0.29, 0.717) is 30.8 Å². The summed E-state index contributed by atoms with van der Waals surface area (Å²) in [5.74, 6) is 1.39. The topological polar surface area (TPSA) is 72.8 Å². The highest BCUT2D eigenvalue weighted by atomic mass is 16.7. The van der Waals surface area contributed by atoms with Gasteiger partial charge in [0.15, 0.2) is 17.9 Å². The van der Waals surface area contributed by atoms with Gasteiger partial charge in [0.1, 0.15) is 6.61 Å². The summed E-state index contributed by atoms with van der Waals surface area (Å²) >= 11 is 0. The monoisotopic (exact) mass is 388 g/mol. The number of carbonyl (C=O) groups is 2. The van der Waals surface area contributed by atoms with Gasteiger partial charge in [0.05, 0.1) is 6.10 Å². The largest absolute Gasteiger partial charge is 0.389 e. The minimum Gasteiger partial charge on any atom is -0.389 e. The van der Waals surface area contributed by atoms with Gasteiger partial charge in [0, 0.05) is 24.4 Å². The number of aliphatic hydroxyl groups is 1. The van der Waals surface area contributed by atoms with E-state index in [4.69, 9.17) is 9.47 Å². The molecule has 0 amide bonds. The van der Waals surface area contributed by atoms with E-state index >= 15 is 0 Å². The molecular formula is C23H32O5. The minimum absolute atomic E-state index is 0.0217. The molecule has 5 nitrogen and oxygen atoms in total. The fraction of sp³-hybridized carbons (Fsp3) is 0.826. The zero-order chi connectivity index (χ0) is 19.7. The molecule has 2 bridgehead atoms. The first kappa shape index (κ1) is 19.0. The van der Waals surface area contributed by atoms with Crippen LogP contribution in [0, 0.1) is 34.5 Å². The van der Waals surface area contributed by atoms with Crippen LogP contribution in [0.5, 0.6) is 0 Å². The molecule has 1 aliphatic heterocycles. The van der Waals surface area contributed by atoms with Crippen LogP contribution in [-0.4, -0.2) is 42.3 Å². The van der Waals surface area contributed by atoms with Gasteiger partial charge in [-0.1, -0.05) is 12.5 Å². The average Bonchev–Trinajstić information content (AvgIpc) is 3.22. The molecule has 5 rings (SSSR count). The fourth-order valence-electron chi connectivity index (χ4n) is 8.12. The highest BCUT2D eigenvalue weighted by Gasteiger charge is 2.71. The van der Waals surface area contributed by atoms with Crippen LogP contribution in [0.15, 0.2) is 11.6 Å². The van der Waals surface area contributed by atoms with Crippen LogP contribution in [0.3, 0.4) is 0 Å². The lowest BCUT2D eigenvalue weighted by molar-refractivity contribution is -0.186. The smallest absolute Gasteiger partial charge is 0.164 e. The van der Waals surface area contributed by atoms with Crippen molar-refractivity contribution in [2.45, 2.75) is 71.2 Å². The van der Waals surface area contributed by atoms with Crippen molar-refractivity contribution in [3.63, 3.8) is 0 Å². The molecule has 0 aromatic heterocycles. The molecule has 5 aliphatic rings. The maximum Gasteiger partial charge on any atom is 0.164 e. The Balaban J connectivity index is 1.58. The van der Waals surface area contributed by atoms with Crippen molar-refractivity contribution in [3.05, 3.63) is 11.6 Å². The first-order chi connectivity index (χ1) is 13.5. The van der Waals surface area contributed by atoms with Crippen LogP contribution < -0.4 is 0 Å². The summed E-state index contributed by atoms with van der Waals surface area (Å²) in [7, 11) is 0. The van der Waals surface area contributed by atoms with Crippen LogP contribution in [0.4, 0.5) is 0 Å². The van der Waals surface area contributed by atoms with Crippen LogP contribution in [0.2, 0.25) is 0 Å². The first-order valence-electron chi connectivity index (χ1n) is 11.1. The molecule has 1 saturated heterocycles. The molecule has 8 atom stereocenters. The van der Waals surface area contributed by atoms with Crippen molar-refractivity contribution in [2.24, 2.45) is 34.5 Å². The fourth-order valence-corrected chi connectivity index (χ4v) is 8.12. The molecule has 154 valence electrons. The van der Waals surface area contributed by atoms with E-state index in [1.165, 1.54) is 5.57 Å². The second-order valence-corrected chi connectivity index (χ2v) is 9.92. The van der Waals surface area contributed by atoms with Crippen LogP contribution in [-0.2, 0) is 19.1 Å². The standard InChI is InChI=1S/C23H32O5/c1-3-27-21-23-11-19(28-21)20-15(16(23)6-7-17(23)18(26)12-24)5-4-13-10-14(25)8-9-22(13,20)2/h10,15-17,19-21,24H,3-9,11-12H2,1-2H3/t15-,16-,17+,19-,20+,21?,22-,23+/m0/s1. The lowest BCUT2D eigenvalue weighted by Gasteiger charge is -2.57. The van der Waals surface area contributed by atoms with Crippen molar-refractivity contribution in [3.8, 4) is 0 Å². The Kier molecular flexibility index (Phi) is 4.39. The van der Waals surface area contributed by atoms with E-state index in [9.17, 15) is 14.7 Å². The number of Topliss-reactive ketones (excluding diaryl/α,β-unsaturated/α-hetero) is 1. The second-order valence-electron chi connectivity index (χ2n) is 9.92. The second kappa shape index (κ2) is 6.48. The molecule has 0 aromatic carbocycles. The summed E-state index contributed by atoms with van der Waals surface area (Å²) < 4.78 is 12.7. The van der Waals surface area contributed by atoms with E-state index in [2.05, 4.69) is 6.92 Å². The van der Waals surface area contributed by atoms with Gasteiger partial charge in [-0.05, 0) is 74.7 Å². The van der Waals surface area contributed by atoms with Crippen molar-refractivity contribution in [1.29, 1.82) is 0 Å². The first-order valence-corrected chi connectivity index (χ1v) is 11.1.